The van der Waals surface area contributed by atoms with Crippen LogP contribution in [0.25, 0.3) is 22.6 Å². The van der Waals surface area contributed by atoms with Crippen LogP contribution in [0.2, 0.25) is 0 Å². The topological polar surface area (TPSA) is 89.8 Å². The molecule has 0 amide bonds. The molecular weight excluding hydrogens is 457 g/mol. The number of pyridine rings is 1. The van der Waals surface area contributed by atoms with E-state index < -0.39 is 33.6 Å². The van der Waals surface area contributed by atoms with E-state index in [1.807, 2.05) is 4.57 Å². The molecule has 1 saturated carbocycles. The Bertz CT molecular complexity index is 1240. The molecule has 3 aromatic heterocycles. The molecule has 0 unspecified atom stereocenters. The molecule has 172 valence electrons. The van der Waals surface area contributed by atoms with Crippen LogP contribution in [0.15, 0.2) is 35.6 Å². The van der Waals surface area contributed by atoms with Crippen LogP contribution in [0.3, 0.4) is 0 Å². The molecule has 0 spiro atoms. The van der Waals surface area contributed by atoms with E-state index in [2.05, 4.69) is 15.0 Å². The number of hydrogen-bond donors (Lipinski definition) is 1. The van der Waals surface area contributed by atoms with Gasteiger partial charge in [0, 0.05) is 23.2 Å². The van der Waals surface area contributed by atoms with Crippen molar-refractivity contribution in [1.82, 2.24) is 24.2 Å². The molecule has 3 aromatic rings. The highest BCUT2D eigenvalue weighted by molar-refractivity contribution is 7.89. The Morgan fingerprint density at radius 3 is 2.28 bits per heavy atom. The molecule has 1 fully saturated rings. The summed E-state index contributed by atoms with van der Waals surface area (Å²) in [6.45, 7) is 0.685. The van der Waals surface area contributed by atoms with Crippen LogP contribution in [0.4, 0.5) is 22.0 Å². The lowest BCUT2D eigenvalue weighted by molar-refractivity contribution is -0.147. The van der Waals surface area contributed by atoms with E-state index >= 15 is 0 Å². The standard InChI is InChI=1S/C19H18F5N5O2S/c1-10(19(22,23)24)28-32(30,31)14-8-25-17(26-9-14)15-6-11-5-12(16(20)21)7-27-18(11)29(15)13-3-2-4-13/h5-10,13,16,28H,2-4H2,1H3/t10-/m0/s1. The Morgan fingerprint density at radius 2 is 1.75 bits per heavy atom. The molecule has 0 aliphatic heterocycles. The van der Waals surface area contributed by atoms with Gasteiger partial charge in [-0.2, -0.15) is 17.9 Å². The van der Waals surface area contributed by atoms with Gasteiger partial charge in [-0.25, -0.2) is 32.2 Å². The summed E-state index contributed by atoms with van der Waals surface area (Å²) < 4.78 is 92.1. The van der Waals surface area contributed by atoms with Crippen molar-refractivity contribution in [1.29, 1.82) is 0 Å². The van der Waals surface area contributed by atoms with E-state index in [1.165, 1.54) is 10.8 Å². The molecule has 1 aliphatic carbocycles. The number of sulfonamides is 1. The van der Waals surface area contributed by atoms with Crippen molar-refractivity contribution in [3.05, 3.63) is 36.3 Å². The van der Waals surface area contributed by atoms with Crippen LogP contribution >= 0.6 is 0 Å². The molecule has 1 N–H and O–H groups in total. The fraction of sp³-hybridized carbons (Fsp3) is 0.421. The molecule has 0 aromatic carbocycles. The molecule has 0 saturated heterocycles. The summed E-state index contributed by atoms with van der Waals surface area (Å²) in [5.74, 6) is 0.108. The van der Waals surface area contributed by atoms with Gasteiger partial charge >= 0.3 is 6.18 Å². The minimum Gasteiger partial charge on any atom is -0.320 e. The van der Waals surface area contributed by atoms with Gasteiger partial charge in [0.1, 0.15) is 16.6 Å². The van der Waals surface area contributed by atoms with Gasteiger partial charge < -0.3 is 4.57 Å². The van der Waals surface area contributed by atoms with Crippen molar-refractivity contribution in [2.24, 2.45) is 0 Å². The highest BCUT2D eigenvalue weighted by Gasteiger charge is 2.39. The maximum Gasteiger partial charge on any atom is 0.404 e. The van der Waals surface area contributed by atoms with Crippen LogP contribution in [-0.2, 0) is 10.0 Å². The zero-order valence-electron chi connectivity index (χ0n) is 16.6. The first-order valence-electron chi connectivity index (χ1n) is 9.68. The minimum absolute atomic E-state index is 0.0636. The van der Waals surface area contributed by atoms with Gasteiger partial charge in [-0.05, 0) is 38.3 Å². The fourth-order valence-electron chi connectivity index (χ4n) is 3.39. The lowest BCUT2D eigenvalue weighted by Crippen LogP contribution is -2.43. The predicted octanol–water partition coefficient (Wildman–Crippen LogP) is 4.39. The largest absolute Gasteiger partial charge is 0.404 e. The molecule has 7 nitrogen and oxygen atoms in total. The summed E-state index contributed by atoms with van der Waals surface area (Å²) in [7, 11) is -4.50. The maximum atomic E-state index is 13.1. The van der Waals surface area contributed by atoms with Crippen molar-refractivity contribution in [2.45, 2.75) is 55.8 Å². The fourth-order valence-corrected chi connectivity index (χ4v) is 4.51. The van der Waals surface area contributed by atoms with E-state index in [9.17, 15) is 30.4 Å². The van der Waals surface area contributed by atoms with Crippen molar-refractivity contribution >= 4 is 21.1 Å². The molecule has 0 bridgehead atoms. The van der Waals surface area contributed by atoms with E-state index in [-0.39, 0.29) is 17.4 Å². The zero-order chi connectivity index (χ0) is 23.3. The van der Waals surface area contributed by atoms with E-state index in [4.69, 9.17) is 0 Å². The Labute approximate surface area is 179 Å². The average Bonchev–Trinajstić information content (AvgIpc) is 3.04. The summed E-state index contributed by atoms with van der Waals surface area (Å²) in [6.07, 6.45) is -1.82. The first kappa shape index (κ1) is 22.5. The second-order valence-corrected chi connectivity index (χ2v) is 9.31. The number of rotatable bonds is 6. The van der Waals surface area contributed by atoms with Crippen molar-refractivity contribution in [3.8, 4) is 11.5 Å². The van der Waals surface area contributed by atoms with Crippen LogP contribution in [0.1, 0.15) is 44.2 Å². The predicted molar refractivity (Wildman–Crippen MR) is 104 cm³/mol. The van der Waals surface area contributed by atoms with Gasteiger partial charge in [0.2, 0.25) is 10.0 Å². The number of nitrogens with one attached hydrogen (secondary N) is 1. The van der Waals surface area contributed by atoms with Gasteiger partial charge in [-0.15, -0.1) is 0 Å². The first-order valence-corrected chi connectivity index (χ1v) is 11.2. The maximum absolute atomic E-state index is 13.1. The number of alkyl halides is 5. The van der Waals surface area contributed by atoms with Gasteiger partial charge in [-0.3, -0.25) is 0 Å². The van der Waals surface area contributed by atoms with E-state index in [1.54, 1.807) is 6.07 Å². The lowest BCUT2D eigenvalue weighted by Gasteiger charge is -2.29. The molecule has 13 heteroatoms. The molecule has 4 rings (SSSR count). The third-order valence-corrected chi connectivity index (χ3v) is 6.87. The summed E-state index contributed by atoms with van der Waals surface area (Å²) >= 11 is 0. The Morgan fingerprint density at radius 1 is 1.09 bits per heavy atom. The first-order chi connectivity index (χ1) is 15.0. The van der Waals surface area contributed by atoms with E-state index in [0.29, 0.717) is 23.7 Å². The van der Waals surface area contributed by atoms with Crippen LogP contribution < -0.4 is 4.72 Å². The van der Waals surface area contributed by atoms with E-state index in [0.717, 1.165) is 37.9 Å². The highest BCUT2D eigenvalue weighted by atomic mass is 32.2. The molecule has 1 atom stereocenters. The molecule has 3 heterocycles. The van der Waals surface area contributed by atoms with Crippen LogP contribution in [-0.4, -0.2) is 40.2 Å². The third kappa shape index (κ3) is 4.18. The smallest absolute Gasteiger partial charge is 0.320 e. The quantitative estimate of drug-likeness (QED) is 0.535. The highest BCUT2D eigenvalue weighted by Crippen LogP contribution is 2.39. The Balaban J connectivity index is 1.71. The number of aromatic nitrogens is 4. The molecule has 0 radical (unpaired) electrons. The van der Waals surface area contributed by atoms with Crippen LogP contribution in [0.5, 0.6) is 0 Å². The number of nitrogens with zero attached hydrogens (tertiary/aromatic N) is 4. The Hall–Kier alpha value is -2.67. The summed E-state index contributed by atoms with van der Waals surface area (Å²) in [6, 6.07) is 0.699. The molecule has 1 aliphatic rings. The van der Waals surface area contributed by atoms with Gasteiger partial charge in [0.05, 0.1) is 18.1 Å². The van der Waals surface area contributed by atoms with Crippen molar-refractivity contribution in [3.63, 3.8) is 0 Å². The van der Waals surface area contributed by atoms with Gasteiger partial charge in [-0.1, -0.05) is 0 Å². The summed E-state index contributed by atoms with van der Waals surface area (Å²) in [5.41, 5.74) is 0.710. The van der Waals surface area contributed by atoms with Crippen LogP contribution in [0, 0.1) is 0 Å². The Kier molecular flexibility index (Phi) is 5.65. The second kappa shape index (κ2) is 8.03. The summed E-state index contributed by atoms with van der Waals surface area (Å²) in [5, 5.41) is 0.464. The molecule has 32 heavy (non-hydrogen) atoms. The zero-order valence-corrected chi connectivity index (χ0v) is 17.5. The normalized spacial score (nSPS) is 16.5. The van der Waals surface area contributed by atoms with Gasteiger partial charge in [0.15, 0.2) is 5.82 Å². The third-order valence-electron chi connectivity index (χ3n) is 5.38. The summed E-state index contributed by atoms with van der Waals surface area (Å²) in [4.78, 5) is 11.7. The number of fused-ring (bicyclic) bond motifs is 1. The SMILES string of the molecule is C[C@H](NS(=O)(=O)c1cnc(-c2cc3cc(C(F)F)cnc3n2C2CCC2)nc1)C(F)(F)F. The van der Waals surface area contributed by atoms with Gasteiger partial charge in [0.25, 0.3) is 6.43 Å². The second-order valence-electron chi connectivity index (χ2n) is 7.59. The molecular formula is C19H18F5N5O2S. The van der Waals surface area contributed by atoms with Crippen molar-refractivity contribution < 1.29 is 30.4 Å². The monoisotopic (exact) mass is 475 g/mol. The minimum atomic E-state index is -4.75. The lowest BCUT2D eigenvalue weighted by atomic mass is 9.92. The van der Waals surface area contributed by atoms with Crippen molar-refractivity contribution in [2.75, 3.05) is 0 Å². The number of halogens is 5. The average molecular weight is 475 g/mol. The number of hydrogen-bond acceptors (Lipinski definition) is 5.